The molecule has 2 heterocycles. The lowest BCUT2D eigenvalue weighted by Crippen LogP contribution is -2.18. The summed E-state index contributed by atoms with van der Waals surface area (Å²) in [6, 6.07) is 40.3. The van der Waals surface area contributed by atoms with E-state index >= 15 is 0 Å². The summed E-state index contributed by atoms with van der Waals surface area (Å²) < 4.78 is 0. The zero-order valence-corrected chi connectivity index (χ0v) is 19.4. The van der Waals surface area contributed by atoms with Crippen molar-refractivity contribution < 1.29 is 0 Å². The van der Waals surface area contributed by atoms with Gasteiger partial charge in [0.15, 0.2) is 0 Å². The molecule has 1 aliphatic rings. The van der Waals surface area contributed by atoms with Gasteiger partial charge in [-0.25, -0.2) is 9.99 Å². The normalized spacial score (nSPS) is 15.4. The summed E-state index contributed by atoms with van der Waals surface area (Å²) in [5.74, 6) is 0. The van der Waals surface area contributed by atoms with Gasteiger partial charge in [-0.3, -0.25) is 0 Å². The van der Waals surface area contributed by atoms with E-state index in [2.05, 4.69) is 114 Å². The van der Waals surface area contributed by atoms with Crippen LogP contribution in [-0.2, 0) is 0 Å². The molecule has 5 aromatic rings. The van der Waals surface area contributed by atoms with Crippen molar-refractivity contribution in [2.24, 2.45) is 5.10 Å². The predicted octanol–water partition coefficient (Wildman–Crippen LogP) is 7.83. The minimum absolute atomic E-state index is 0.135. The van der Waals surface area contributed by atoms with Gasteiger partial charge in [-0.2, -0.15) is 5.10 Å². The van der Waals surface area contributed by atoms with Crippen molar-refractivity contribution >= 4 is 22.2 Å². The van der Waals surface area contributed by atoms with E-state index in [0.29, 0.717) is 0 Å². The Morgan fingerprint density at radius 3 is 1.85 bits per heavy atom. The van der Waals surface area contributed by atoms with Gasteiger partial charge in [0, 0.05) is 17.4 Å². The summed E-state index contributed by atoms with van der Waals surface area (Å²) >= 11 is 1.65. The standard InChI is InChI=1S/C30H23N3S/c1-4-10-22(11-5-1)23-16-18-25(19-17-23)28-21-34-30(31-28)33-29(26-14-8-3-9-15-26)20-27(32-33)24-12-6-2-7-13-24/h1-19,21,29H,20H2/t29-/m1/s1. The quantitative estimate of drug-likeness (QED) is 0.269. The van der Waals surface area contributed by atoms with Crippen LogP contribution >= 0.6 is 11.3 Å². The molecule has 0 spiro atoms. The molecule has 1 aliphatic heterocycles. The molecule has 164 valence electrons. The van der Waals surface area contributed by atoms with Crippen molar-refractivity contribution in [3.63, 3.8) is 0 Å². The Kier molecular flexibility index (Phi) is 5.50. The number of rotatable bonds is 5. The van der Waals surface area contributed by atoms with Gasteiger partial charge in [-0.1, -0.05) is 115 Å². The maximum atomic E-state index is 5.05. The van der Waals surface area contributed by atoms with Gasteiger partial charge in [0.25, 0.3) is 0 Å². The van der Waals surface area contributed by atoms with Gasteiger partial charge in [-0.05, 0) is 22.3 Å². The van der Waals surface area contributed by atoms with Crippen molar-refractivity contribution in [1.29, 1.82) is 0 Å². The number of hydrogen-bond donors (Lipinski definition) is 0. The molecule has 0 saturated carbocycles. The molecule has 1 aromatic heterocycles. The molecule has 0 saturated heterocycles. The van der Waals surface area contributed by atoms with Crippen LogP contribution in [0.3, 0.4) is 0 Å². The Bertz CT molecular complexity index is 1410. The first-order chi connectivity index (χ1) is 16.8. The number of benzene rings is 4. The Morgan fingerprint density at radius 2 is 1.18 bits per heavy atom. The second-order valence-electron chi connectivity index (χ2n) is 8.35. The number of aromatic nitrogens is 1. The zero-order valence-electron chi connectivity index (χ0n) is 18.6. The van der Waals surface area contributed by atoms with Crippen LogP contribution in [0.5, 0.6) is 0 Å². The first-order valence-corrected chi connectivity index (χ1v) is 12.3. The van der Waals surface area contributed by atoms with Crippen molar-refractivity contribution in [3.05, 3.63) is 132 Å². The number of nitrogens with zero attached hydrogens (tertiary/aromatic N) is 3. The summed E-state index contributed by atoms with van der Waals surface area (Å²) in [6.45, 7) is 0. The highest BCUT2D eigenvalue weighted by atomic mass is 32.1. The Balaban J connectivity index is 1.32. The SMILES string of the molecule is c1ccc(C2=NN(c3nc(-c4ccc(-c5ccccc5)cc4)cs3)[C@@H](c3ccccc3)C2)cc1. The molecule has 0 N–H and O–H groups in total. The molecule has 0 aliphatic carbocycles. The molecule has 0 fully saturated rings. The van der Waals surface area contributed by atoms with Crippen molar-refractivity contribution in [2.45, 2.75) is 12.5 Å². The molecule has 0 radical (unpaired) electrons. The molecule has 3 nitrogen and oxygen atoms in total. The van der Waals surface area contributed by atoms with Gasteiger partial charge < -0.3 is 0 Å². The van der Waals surface area contributed by atoms with E-state index in [1.165, 1.54) is 22.3 Å². The molecular formula is C30H23N3S. The average molecular weight is 458 g/mol. The van der Waals surface area contributed by atoms with Crippen LogP contribution < -0.4 is 5.01 Å². The van der Waals surface area contributed by atoms with Crippen LogP contribution in [0.15, 0.2) is 126 Å². The van der Waals surface area contributed by atoms with Crippen LogP contribution in [0.4, 0.5) is 5.13 Å². The summed E-state index contributed by atoms with van der Waals surface area (Å²) in [5.41, 5.74) is 8.04. The fraction of sp³-hybridized carbons (Fsp3) is 0.0667. The highest BCUT2D eigenvalue weighted by Crippen LogP contribution is 2.39. The summed E-state index contributed by atoms with van der Waals surface area (Å²) in [7, 11) is 0. The van der Waals surface area contributed by atoms with Gasteiger partial charge in [0.1, 0.15) is 0 Å². The largest absolute Gasteiger partial charge is 0.231 e. The second-order valence-corrected chi connectivity index (χ2v) is 9.18. The molecule has 34 heavy (non-hydrogen) atoms. The fourth-order valence-corrected chi connectivity index (χ4v) is 5.23. The van der Waals surface area contributed by atoms with Crippen molar-refractivity contribution in [1.82, 2.24) is 4.98 Å². The maximum absolute atomic E-state index is 5.05. The van der Waals surface area contributed by atoms with E-state index in [-0.39, 0.29) is 6.04 Å². The third kappa shape index (κ3) is 4.04. The molecule has 0 amide bonds. The Hall–Kier alpha value is -4.02. The Morgan fingerprint density at radius 1 is 0.618 bits per heavy atom. The van der Waals surface area contributed by atoms with Gasteiger partial charge in [0.05, 0.1) is 17.4 Å². The minimum atomic E-state index is 0.135. The van der Waals surface area contributed by atoms with Gasteiger partial charge in [-0.15, -0.1) is 11.3 Å². The van der Waals surface area contributed by atoms with Crippen molar-refractivity contribution in [3.8, 4) is 22.4 Å². The van der Waals surface area contributed by atoms with Crippen LogP contribution in [-0.4, -0.2) is 10.7 Å². The molecule has 4 aromatic carbocycles. The second kappa shape index (κ2) is 9.08. The number of anilines is 1. The number of hydrogen-bond acceptors (Lipinski definition) is 4. The molecule has 4 heteroatoms. The molecule has 1 atom stereocenters. The molecular weight excluding hydrogens is 434 g/mol. The van der Waals surface area contributed by atoms with Crippen LogP contribution in [0.1, 0.15) is 23.6 Å². The first-order valence-electron chi connectivity index (χ1n) is 11.4. The third-order valence-electron chi connectivity index (χ3n) is 6.18. The fourth-order valence-electron chi connectivity index (χ4n) is 4.39. The van der Waals surface area contributed by atoms with E-state index in [4.69, 9.17) is 10.1 Å². The lowest BCUT2D eigenvalue weighted by Gasteiger charge is -2.21. The smallest absolute Gasteiger partial charge is 0.207 e. The van der Waals surface area contributed by atoms with Crippen LogP contribution in [0.25, 0.3) is 22.4 Å². The predicted molar refractivity (Wildman–Crippen MR) is 142 cm³/mol. The van der Waals surface area contributed by atoms with E-state index in [9.17, 15) is 0 Å². The Labute approximate surface area is 203 Å². The van der Waals surface area contributed by atoms with E-state index in [0.717, 1.165) is 28.5 Å². The molecule has 6 rings (SSSR count). The minimum Gasteiger partial charge on any atom is -0.231 e. The van der Waals surface area contributed by atoms with Gasteiger partial charge >= 0.3 is 0 Å². The lowest BCUT2D eigenvalue weighted by atomic mass is 9.99. The van der Waals surface area contributed by atoms with Gasteiger partial charge in [0.2, 0.25) is 5.13 Å². The first kappa shape index (κ1) is 20.6. The average Bonchev–Trinajstić information content (AvgIpc) is 3.58. The summed E-state index contributed by atoms with van der Waals surface area (Å²) in [5, 5.41) is 10.2. The number of thiazole rings is 1. The highest BCUT2D eigenvalue weighted by molar-refractivity contribution is 7.14. The highest BCUT2D eigenvalue weighted by Gasteiger charge is 2.31. The third-order valence-corrected chi connectivity index (χ3v) is 7.01. The van der Waals surface area contributed by atoms with Crippen LogP contribution in [0, 0.1) is 0 Å². The van der Waals surface area contributed by atoms with E-state index < -0.39 is 0 Å². The topological polar surface area (TPSA) is 28.5 Å². The monoisotopic (exact) mass is 457 g/mol. The van der Waals surface area contributed by atoms with E-state index in [1.807, 2.05) is 12.1 Å². The van der Waals surface area contributed by atoms with Crippen molar-refractivity contribution in [2.75, 3.05) is 5.01 Å². The summed E-state index contributed by atoms with van der Waals surface area (Å²) in [6.07, 6.45) is 0.856. The summed E-state index contributed by atoms with van der Waals surface area (Å²) in [4.78, 5) is 5.01. The lowest BCUT2D eigenvalue weighted by molar-refractivity contribution is 0.706. The number of hydrazone groups is 1. The van der Waals surface area contributed by atoms with Crippen LogP contribution in [0.2, 0.25) is 0 Å². The molecule has 0 bridgehead atoms. The zero-order chi connectivity index (χ0) is 22.7. The molecule has 0 unspecified atom stereocenters. The maximum Gasteiger partial charge on any atom is 0.207 e. The van der Waals surface area contributed by atoms with E-state index in [1.54, 1.807) is 11.3 Å².